The molecule has 0 aromatic carbocycles. The molecule has 0 amide bonds. The van der Waals surface area contributed by atoms with Crippen LogP contribution in [0.1, 0.15) is 23.4 Å². The van der Waals surface area contributed by atoms with Crippen molar-refractivity contribution in [3.63, 3.8) is 0 Å². The van der Waals surface area contributed by atoms with Gasteiger partial charge in [-0.1, -0.05) is 0 Å². The summed E-state index contributed by atoms with van der Waals surface area (Å²) in [5.74, 6) is 0. The Labute approximate surface area is 114 Å². The van der Waals surface area contributed by atoms with E-state index in [1.165, 1.54) is 41.6 Å². The first-order valence-corrected chi connectivity index (χ1v) is 7.45. The van der Waals surface area contributed by atoms with Gasteiger partial charge in [0.05, 0.1) is 5.69 Å². The van der Waals surface area contributed by atoms with Crippen LogP contribution in [-0.4, -0.2) is 50.2 Å². The zero-order valence-corrected chi connectivity index (χ0v) is 12.7. The number of hydrogen-bond donors (Lipinski definition) is 1. The number of nitrogens with zero attached hydrogens (tertiary/aromatic N) is 3. The van der Waals surface area contributed by atoms with E-state index in [0.29, 0.717) is 6.04 Å². The maximum Gasteiger partial charge on any atom is 0.185 e. The number of hydrogen-bond acceptors (Lipinski definition) is 5. The van der Waals surface area contributed by atoms with Crippen molar-refractivity contribution in [2.75, 3.05) is 39.1 Å². The van der Waals surface area contributed by atoms with Gasteiger partial charge in [-0.2, -0.15) is 0 Å². The van der Waals surface area contributed by atoms with E-state index in [-0.39, 0.29) is 0 Å². The minimum absolute atomic E-state index is 0.647. The van der Waals surface area contributed by atoms with Crippen LogP contribution in [0.4, 0.5) is 5.13 Å². The van der Waals surface area contributed by atoms with Gasteiger partial charge >= 0.3 is 0 Å². The average molecular weight is 268 g/mol. The van der Waals surface area contributed by atoms with Crippen molar-refractivity contribution in [2.24, 2.45) is 0 Å². The lowest BCUT2D eigenvalue weighted by atomic mass is 10.0. The standard InChI is InChI=1S/C13H24N4S/c1-10-12(9-14-2)18-13(15-10)17(4)11-5-7-16(3)8-6-11/h11,14H,5-9H2,1-4H3. The monoisotopic (exact) mass is 268 g/mol. The highest BCUT2D eigenvalue weighted by atomic mass is 32.1. The lowest BCUT2D eigenvalue weighted by Gasteiger charge is -2.34. The van der Waals surface area contributed by atoms with Gasteiger partial charge in [0.2, 0.25) is 0 Å². The van der Waals surface area contributed by atoms with Crippen LogP contribution in [0.2, 0.25) is 0 Å². The second kappa shape index (κ2) is 5.99. The molecule has 4 nitrogen and oxygen atoms in total. The Morgan fingerprint density at radius 2 is 2.11 bits per heavy atom. The summed E-state index contributed by atoms with van der Waals surface area (Å²) in [5, 5.41) is 4.38. The molecule has 1 fully saturated rings. The quantitative estimate of drug-likeness (QED) is 0.901. The third-order valence-electron chi connectivity index (χ3n) is 3.76. The molecule has 1 aliphatic rings. The first-order valence-electron chi connectivity index (χ1n) is 6.64. The summed E-state index contributed by atoms with van der Waals surface area (Å²) < 4.78 is 0. The molecule has 18 heavy (non-hydrogen) atoms. The van der Waals surface area contributed by atoms with E-state index in [2.05, 4.69) is 36.1 Å². The fraction of sp³-hybridized carbons (Fsp3) is 0.769. The van der Waals surface area contributed by atoms with Crippen LogP contribution < -0.4 is 10.2 Å². The summed E-state index contributed by atoms with van der Waals surface area (Å²) >= 11 is 1.83. The number of anilines is 1. The van der Waals surface area contributed by atoms with Crippen molar-refractivity contribution < 1.29 is 0 Å². The summed E-state index contributed by atoms with van der Waals surface area (Å²) in [6, 6.07) is 0.647. The van der Waals surface area contributed by atoms with Crippen molar-refractivity contribution in [1.82, 2.24) is 15.2 Å². The highest BCUT2D eigenvalue weighted by molar-refractivity contribution is 7.15. The zero-order valence-electron chi connectivity index (χ0n) is 11.9. The second-order valence-corrected chi connectivity index (χ2v) is 6.24. The van der Waals surface area contributed by atoms with Crippen molar-refractivity contribution >= 4 is 16.5 Å². The smallest absolute Gasteiger partial charge is 0.185 e. The number of aryl methyl sites for hydroxylation is 1. The van der Waals surface area contributed by atoms with Crippen LogP contribution >= 0.6 is 11.3 Å². The fourth-order valence-electron chi connectivity index (χ4n) is 2.43. The molecule has 0 bridgehead atoms. The van der Waals surface area contributed by atoms with Gasteiger partial charge in [0.15, 0.2) is 5.13 Å². The molecule has 102 valence electrons. The molecule has 0 saturated carbocycles. The van der Waals surface area contributed by atoms with E-state index in [4.69, 9.17) is 4.98 Å². The van der Waals surface area contributed by atoms with E-state index in [1.54, 1.807) is 0 Å². The Morgan fingerprint density at radius 1 is 1.44 bits per heavy atom. The zero-order chi connectivity index (χ0) is 13.1. The van der Waals surface area contributed by atoms with Crippen LogP contribution in [0.5, 0.6) is 0 Å². The summed E-state index contributed by atoms with van der Waals surface area (Å²) in [6.45, 7) is 5.42. The van der Waals surface area contributed by atoms with Gasteiger partial charge in [0.25, 0.3) is 0 Å². The second-order valence-electron chi connectivity index (χ2n) is 5.18. The van der Waals surface area contributed by atoms with Gasteiger partial charge in [0.1, 0.15) is 0 Å². The molecule has 0 spiro atoms. The van der Waals surface area contributed by atoms with Crippen molar-refractivity contribution in [1.29, 1.82) is 0 Å². The van der Waals surface area contributed by atoms with E-state index < -0.39 is 0 Å². The normalized spacial score (nSPS) is 18.2. The first kappa shape index (κ1) is 13.8. The molecular formula is C13H24N4S. The van der Waals surface area contributed by atoms with Gasteiger partial charge in [-0.05, 0) is 47.0 Å². The summed E-state index contributed by atoms with van der Waals surface area (Å²) in [5.41, 5.74) is 1.17. The molecule has 1 aliphatic heterocycles. The van der Waals surface area contributed by atoms with Crippen LogP contribution in [0.3, 0.4) is 0 Å². The number of aromatic nitrogens is 1. The Hall–Kier alpha value is -0.650. The molecule has 0 unspecified atom stereocenters. The largest absolute Gasteiger partial charge is 0.348 e. The molecule has 1 aromatic heterocycles. The number of rotatable bonds is 4. The average Bonchev–Trinajstić information content (AvgIpc) is 2.72. The molecule has 0 radical (unpaired) electrons. The van der Waals surface area contributed by atoms with Gasteiger partial charge in [0, 0.05) is 24.5 Å². The van der Waals surface area contributed by atoms with Crippen LogP contribution in [0, 0.1) is 6.92 Å². The minimum Gasteiger partial charge on any atom is -0.348 e. The maximum atomic E-state index is 4.71. The number of thiazole rings is 1. The van der Waals surface area contributed by atoms with E-state index >= 15 is 0 Å². The predicted molar refractivity (Wildman–Crippen MR) is 78.5 cm³/mol. The van der Waals surface area contributed by atoms with E-state index in [1.807, 2.05) is 18.4 Å². The molecule has 0 aliphatic carbocycles. The minimum atomic E-state index is 0.647. The van der Waals surface area contributed by atoms with Crippen molar-refractivity contribution in [3.8, 4) is 0 Å². The number of piperidine rings is 1. The predicted octanol–water partition coefficient (Wildman–Crippen LogP) is 1.70. The third kappa shape index (κ3) is 3.02. The van der Waals surface area contributed by atoms with Gasteiger partial charge in [-0.15, -0.1) is 11.3 Å². The third-order valence-corrected chi connectivity index (χ3v) is 5.00. The molecular weight excluding hydrogens is 244 g/mol. The van der Waals surface area contributed by atoms with Gasteiger partial charge < -0.3 is 15.1 Å². The van der Waals surface area contributed by atoms with E-state index in [0.717, 1.165) is 6.54 Å². The van der Waals surface area contributed by atoms with Crippen LogP contribution in [0.25, 0.3) is 0 Å². The Morgan fingerprint density at radius 3 is 2.72 bits per heavy atom. The maximum absolute atomic E-state index is 4.71. The Bertz CT molecular complexity index is 382. The Balaban J connectivity index is 2.04. The number of nitrogens with one attached hydrogen (secondary N) is 1. The molecule has 2 rings (SSSR count). The SMILES string of the molecule is CNCc1sc(N(C)C2CCN(C)CC2)nc1C. The number of likely N-dealkylation sites (tertiary alicyclic amines) is 1. The van der Waals surface area contributed by atoms with Gasteiger partial charge in [-0.3, -0.25) is 0 Å². The topological polar surface area (TPSA) is 31.4 Å². The molecule has 5 heteroatoms. The Kier molecular flexibility index (Phi) is 4.59. The highest BCUT2D eigenvalue weighted by Gasteiger charge is 2.23. The summed E-state index contributed by atoms with van der Waals surface area (Å²) in [4.78, 5) is 10.9. The van der Waals surface area contributed by atoms with Crippen molar-refractivity contribution in [3.05, 3.63) is 10.6 Å². The van der Waals surface area contributed by atoms with Gasteiger partial charge in [-0.25, -0.2) is 4.98 Å². The highest BCUT2D eigenvalue weighted by Crippen LogP contribution is 2.28. The molecule has 0 atom stereocenters. The molecule has 1 saturated heterocycles. The summed E-state index contributed by atoms with van der Waals surface area (Å²) in [6.07, 6.45) is 2.49. The van der Waals surface area contributed by atoms with E-state index in [9.17, 15) is 0 Å². The molecule has 1 aromatic rings. The lowest BCUT2D eigenvalue weighted by molar-refractivity contribution is 0.253. The summed E-state index contributed by atoms with van der Waals surface area (Å²) in [7, 11) is 6.38. The van der Waals surface area contributed by atoms with Crippen molar-refractivity contribution in [2.45, 2.75) is 32.4 Å². The lowest BCUT2D eigenvalue weighted by Crippen LogP contribution is -2.41. The molecule has 2 heterocycles. The van der Waals surface area contributed by atoms with Crippen LogP contribution in [-0.2, 0) is 6.54 Å². The van der Waals surface area contributed by atoms with Crippen LogP contribution in [0.15, 0.2) is 0 Å². The molecule has 1 N–H and O–H groups in total. The first-order chi connectivity index (χ1) is 8.61. The fourth-order valence-corrected chi connectivity index (χ4v) is 3.53.